The Morgan fingerprint density at radius 1 is 0.667 bits per heavy atom. The smallest absolute Gasteiger partial charge is 0.302 e. The van der Waals surface area contributed by atoms with Gasteiger partial charge in [0, 0.05) is 6.92 Å². The summed E-state index contributed by atoms with van der Waals surface area (Å²) in [5, 5.41) is 0. The van der Waals surface area contributed by atoms with Crippen LogP contribution in [0.2, 0.25) is 0 Å². The summed E-state index contributed by atoms with van der Waals surface area (Å²) in [5.41, 5.74) is 0. The highest BCUT2D eigenvalue weighted by atomic mass is 16.5. The molecule has 3 heteroatoms. The normalized spacial score (nSPS) is 9.33. The predicted octanol–water partition coefficient (Wildman–Crippen LogP) is 6.44. The molecule has 0 saturated heterocycles. The van der Waals surface area contributed by atoms with E-state index in [1.165, 1.54) is 77.6 Å². The fraction of sp³-hybridized carbons (Fsp3) is 0.944. The van der Waals surface area contributed by atoms with Gasteiger partial charge >= 0.3 is 5.97 Å². The largest absolute Gasteiger partial charge is 0.466 e. The lowest BCUT2D eigenvalue weighted by Crippen LogP contribution is -2.00. The average molecular weight is 304 g/mol. The molecule has 0 amide bonds. The van der Waals surface area contributed by atoms with E-state index in [9.17, 15) is 4.79 Å². The Morgan fingerprint density at radius 3 is 1.38 bits per heavy atom. The number of carbonyl (C=O) groups excluding carboxylic acids is 1. The Hall–Kier alpha value is -0.570. The quantitative estimate of drug-likeness (QED) is 0.333. The van der Waals surface area contributed by atoms with Crippen molar-refractivity contribution in [2.24, 2.45) is 0 Å². The lowest BCUT2D eigenvalue weighted by molar-refractivity contribution is -0.141. The van der Waals surface area contributed by atoms with E-state index in [0.29, 0.717) is 6.61 Å². The van der Waals surface area contributed by atoms with Gasteiger partial charge in [0.25, 0.3) is 0 Å². The molecule has 0 atom stereocenters. The summed E-state index contributed by atoms with van der Waals surface area (Å²) in [7, 11) is 0. The minimum Gasteiger partial charge on any atom is -0.466 e. The Morgan fingerprint density at radius 2 is 1.05 bits per heavy atom. The molecule has 0 aliphatic carbocycles. The van der Waals surface area contributed by atoms with E-state index in [1.54, 1.807) is 0 Å². The van der Waals surface area contributed by atoms with Crippen LogP contribution in [-0.4, -0.2) is 12.6 Å². The van der Waals surface area contributed by atoms with Gasteiger partial charge in [-0.15, -0.1) is 0 Å². The highest BCUT2D eigenvalue weighted by molar-refractivity contribution is 5.65. The van der Waals surface area contributed by atoms with Crippen molar-refractivity contribution in [2.45, 2.75) is 105 Å². The summed E-state index contributed by atoms with van der Waals surface area (Å²) < 4.78 is 4.87. The van der Waals surface area contributed by atoms with Gasteiger partial charge in [0.15, 0.2) is 0 Å². The second-order valence-corrected chi connectivity index (χ2v) is 5.52. The van der Waals surface area contributed by atoms with E-state index >= 15 is 0 Å². The van der Waals surface area contributed by atoms with Crippen molar-refractivity contribution in [1.29, 1.82) is 0 Å². The zero-order chi connectivity index (χ0) is 15.5. The molecule has 0 radical (unpaired) electrons. The van der Waals surface area contributed by atoms with Gasteiger partial charge in [-0.2, -0.15) is 0 Å². The lowest BCUT2D eigenvalue weighted by atomic mass is 10.1. The van der Waals surface area contributed by atoms with Gasteiger partial charge in [-0.25, -0.2) is 0 Å². The topological polar surface area (TPSA) is 61.3 Å². The number of hydrogen-bond acceptors (Lipinski definition) is 3. The molecular formula is C18H41NO2. The first-order valence-electron chi connectivity index (χ1n) is 8.82. The minimum absolute atomic E-state index is 0. The number of rotatable bonds is 12. The van der Waals surface area contributed by atoms with Crippen molar-refractivity contribution >= 4 is 5.97 Å². The molecule has 0 aromatic heterocycles. The molecule has 0 bridgehead atoms. The standard InChI is InChI=1S/C14H28O2.C4H10.H3N/c1-3-4-5-6-7-8-9-10-11-12-13-16-14(2)15;1-3-4-2;/h3-13H2,1-2H3;3-4H2,1-2H3;1H3. The Labute approximate surface area is 133 Å². The molecule has 0 aromatic carbocycles. The molecule has 0 aliphatic heterocycles. The third-order valence-corrected chi connectivity index (χ3v) is 3.30. The number of unbranched alkanes of at least 4 members (excludes halogenated alkanes) is 10. The maximum atomic E-state index is 10.5. The number of carbonyl (C=O) groups is 1. The van der Waals surface area contributed by atoms with Crippen LogP contribution in [0.1, 0.15) is 105 Å². The molecule has 21 heavy (non-hydrogen) atoms. The van der Waals surface area contributed by atoms with Gasteiger partial charge in [0.1, 0.15) is 0 Å². The van der Waals surface area contributed by atoms with Crippen molar-refractivity contribution in [3.05, 3.63) is 0 Å². The van der Waals surface area contributed by atoms with Crippen molar-refractivity contribution in [1.82, 2.24) is 6.15 Å². The van der Waals surface area contributed by atoms with Crippen LogP contribution in [0.25, 0.3) is 0 Å². The van der Waals surface area contributed by atoms with Crippen LogP contribution in [0.3, 0.4) is 0 Å². The lowest BCUT2D eigenvalue weighted by Gasteiger charge is -2.02. The molecule has 0 heterocycles. The zero-order valence-electron chi connectivity index (χ0n) is 15.2. The summed E-state index contributed by atoms with van der Waals surface area (Å²) in [4.78, 5) is 10.5. The van der Waals surface area contributed by atoms with Crippen LogP contribution in [0.5, 0.6) is 0 Å². The average Bonchev–Trinajstić information content (AvgIpc) is 2.44. The maximum Gasteiger partial charge on any atom is 0.302 e. The molecule has 3 nitrogen and oxygen atoms in total. The summed E-state index contributed by atoms with van der Waals surface area (Å²) in [6, 6.07) is 0. The van der Waals surface area contributed by atoms with Crippen LogP contribution in [0.4, 0.5) is 0 Å². The molecule has 0 unspecified atom stereocenters. The van der Waals surface area contributed by atoms with Gasteiger partial charge < -0.3 is 10.9 Å². The minimum atomic E-state index is -0.157. The van der Waals surface area contributed by atoms with Gasteiger partial charge in [0.2, 0.25) is 0 Å². The van der Waals surface area contributed by atoms with E-state index in [1.807, 2.05) is 0 Å². The number of ether oxygens (including phenoxy) is 1. The summed E-state index contributed by atoms with van der Waals surface area (Å²) in [5.74, 6) is -0.157. The van der Waals surface area contributed by atoms with E-state index in [-0.39, 0.29) is 12.1 Å². The molecule has 0 fully saturated rings. The first-order chi connectivity index (χ1) is 9.68. The van der Waals surface area contributed by atoms with Gasteiger partial charge in [0.05, 0.1) is 6.61 Å². The summed E-state index contributed by atoms with van der Waals surface area (Å²) >= 11 is 0. The van der Waals surface area contributed by atoms with Crippen LogP contribution < -0.4 is 6.15 Å². The number of esters is 1. The van der Waals surface area contributed by atoms with E-state index < -0.39 is 0 Å². The molecule has 0 saturated carbocycles. The number of hydrogen-bond donors (Lipinski definition) is 1. The van der Waals surface area contributed by atoms with Crippen LogP contribution in [-0.2, 0) is 9.53 Å². The molecule has 3 N–H and O–H groups in total. The molecule has 0 aliphatic rings. The first kappa shape index (κ1) is 25.4. The third kappa shape index (κ3) is 32.7. The van der Waals surface area contributed by atoms with E-state index in [4.69, 9.17) is 4.74 Å². The fourth-order valence-corrected chi connectivity index (χ4v) is 1.81. The Bertz CT molecular complexity index is 182. The molecule has 0 rings (SSSR count). The van der Waals surface area contributed by atoms with E-state index in [2.05, 4.69) is 20.8 Å². The van der Waals surface area contributed by atoms with Crippen molar-refractivity contribution < 1.29 is 9.53 Å². The second kappa shape index (κ2) is 24.4. The van der Waals surface area contributed by atoms with Gasteiger partial charge in [-0.3, -0.25) is 4.79 Å². The van der Waals surface area contributed by atoms with Crippen LogP contribution in [0.15, 0.2) is 0 Å². The highest BCUT2D eigenvalue weighted by Gasteiger charge is 1.94. The van der Waals surface area contributed by atoms with Gasteiger partial charge in [-0.05, 0) is 6.42 Å². The summed E-state index contributed by atoms with van der Waals surface area (Å²) in [6.07, 6.45) is 15.8. The van der Waals surface area contributed by atoms with Crippen molar-refractivity contribution in [2.75, 3.05) is 6.61 Å². The van der Waals surface area contributed by atoms with Crippen molar-refractivity contribution in [3.63, 3.8) is 0 Å². The molecular weight excluding hydrogens is 262 g/mol. The van der Waals surface area contributed by atoms with Crippen LogP contribution in [0, 0.1) is 0 Å². The fourth-order valence-electron chi connectivity index (χ4n) is 1.81. The maximum absolute atomic E-state index is 10.5. The Kier molecular flexibility index (Phi) is 29.6. The predicted molar refractivity (Wildman–Crippen MR) is 94.1 cm³/mol. The first-order valence-corrected chi connectivity index (χ1v) is 8.82. The SMILES string of the molecule is CCCC.CCCCCCCCCCCCOC(C)=O.N. The van der Waals surface area contributed by atoms with E-state index in [0.717, 1.165) is 6.42 Å². The van der Waals surface area contributed by atoms with Crippen molar-refractivity contribution in [3.8, 4) is 0 Å². The molecule has 130 valence electrons. The molecule has 0 spiro atoms. The van der Waals surface area contributed by atoms with Crippen LogP contribution >= 0.6 is 0 Å². The molecule has 0 aromatic rings. The zero-order valence-corrected chi connectivity index (χ0v) is 15.2. The van der Waals surface area contributed by atoms with Gasteiger partial charge in [-0.1, -0.05) is 91.4 Å². The highest BCUT2D eigenvalue weighted by Crippen LogP contribution is 2.10. The monoisotopic (exact) mass is 303 g/mol. The second-order valence-electron chi connectivity index (χ2n) is 5.52. The summed E-state index contributed by atoms with van der Waals surface area (Å²) in [6.45, 7) is 8.69. The Balaban J connectivity index is -0.000000572. The third-order valence-electron chi connectivity index (χ3n) is 3.30.